The number of rotatable bonds is 4. The molecule has 0 radical (unpaired) electrons. The van der Waals surface area contributed by atoms with Gasteiger partial charge >= 0.3 is 5.97 Å². The number of aromatic hydroxyl groups is 1. The highest BCUT2D eigenvalue weighted by atomic mass is 16.5. The molecule has 2 N–H and O–H groups in total. The molecule has 0 saturated carbocycles. The Balaban J connectivity index is 2.70. The molecule has 6 heteroatoms. The van der Waals surface area contributed by atoms with E-state index >= 15 is 0 Å². The first-order valence-corrected chi connectivity index (χ1v) is 6.16. The predicted octanol–water partition coefficient (Wildman–Crippen LogP) is 2.06. The van der Waals surface area contributed by atoms with Crippen LogP contribution in [0.5, 0.6) is 11.5 Å². The monoisotopic (exact) mass is 276 g/mol. The first-order valence-electron chi connectivity index (χ1n) is 6.16. The van der Waals surface area contributed by atoms with E-state index in [1.165, 1.54) is 17.9 Å². The van der Waals surface area contributed by atoms with Gasteiger partial charge in [-0.25, -0.2) is 4.79 Å². The second-order valence-corrected chi connectivity index (χ2v) is 4.35. The Morgan fingerprint density at radius 3 is 2.65 bits per heavy atom. The topological polar surface area (TPSA) is 84.6 Å². The fourth-order valence-corrected chi connectivity index (χ4v) is 2.16. The van der Waals surface area contributed by atoms with Crippen LogP contribution in [0.1, 0.15) is 23.0 Å². The minimum atomic E-state index is -1.10. The molecule has 1 heterocycles. The minimum absolute atomic E-state index is 0.00760. The summed E-state index contributed by atoms with van der Waals surface area (Å²) in [6.45, 7) is 1.96. The number of hydrogen-bond donors (Lipinski definition) is 2. The lowest BCUT2D eigenvalue weighted by Gasteiger charge is -2.13. The largest absolute Gasteiger partial charge is 0.504 e. The summed E-state index contributed by atoms with van der Waals surface area (Å²) >= 11 is 0. The number of methoxy groups -OCH3 is 1. The van der Waals surface area contributed by atoms with Crippen LogP contribution in [-0.2, 0) is 13.5 Å². The van der Waals surface area contributed by atoms with E-state index in [4.69, 9.17) is 9.84 Å². The molecule has 2 aromatic rings. The molecule has 0 unspecified atom stereocenters. The first-order chi connectivity index (χ1) is 9.49. The smallest absolute Gasteiger partial charge is 0.356 e. The minimum Gasteiger partial charge on any atom is -0.504 e. The van der Waals surface area contributed by atoms with Crippen LogP contribution in [0.2, 0.25) is 0 Å². The SMILES string of the molecule is CCc1ccc(OC)c(O)c1-c1cc(C(=O)O)nn1C. The number of carboxylic acids is 1. The van der Waals surface area contributed by atoms with Gasteiger partial charge in [0.15, 0.2) is 17.2 Å². The van der Waals surface area contributed by atoms with E-state index in [-0.39, 0.29) is 11.4 Å². The maximum atomic E-state index is 11.0. The zero-order chi connectivity index (χ0) is 14.9. The highest BCUT2D eigenvalue weighted by molar-refractivity contribution is 5.88. The molecule has 0 aliphatic rings. The van der Waals surface area contributed by atoms with E-state index in [1.807, 2.05) is 13.0 Å². The number of carbonyl (C=O) groups is 1. The summed E-state index contributed by atoms with van der Waals surface area (Å²) in [6, 6.07) is 4.98. The third-order valence-corrected chi connectivity index (χ3v) is 3.18. The van der Waals surface area contributed by atoms with Gasteiger partial charge in [-0.3, -0.25) is 4.68 Å². The van der Waals surface area contributed by atoms with E-state index < -0.39 is 5.97 Å². The lowest BCUT2D eigenvalue weighted by Crippen LogP contribution is -2.00. The lowest BCUT2D eigenvalue weighted by molar-refractivity contribution is 0.0689. The van der Waals surface area contributed by atoms with Crippen molar-refractivity contribution in [1.29, 1.82) is 0 Å². The van der Waals surface area contributed by atoms with Crippen molar-refractivity contribution in [2.24, 2.45) is 7.05 Å². The molecule has 0 bridgehead atoms. The Morgan fingerprint density at radius 1 is 1.45 bits per heavy atom. The quantitative estimate of drug-likeness (QED) is 0.893. The molecule has 2 rings (SSSR count). The van der Waals surface area contributed by atoms with E-state index in [9.17, 15) is 9.90 Å². The van der Waals surface area contributed by atoms with E-state index in [1.54, 1.807) is 13.1 Å². The lowest BCUT2D eigenvalue weighted by atomic mass is 10.00. The number of aromatic carboxylic acids is 1. The van der Waals surface area contributed by atoms with Crippen molar-refractivity contribution in [3.05, 3.63) is 29.5 Å². The van der Waals surface area contributed by atoms with Crippen molar-refractivity contribution >= 4 is 5.97 Å². The molecule has 20 heavy (non-hydrogen) atoms. The molecule has 0 spiro atoms. The molecular weight excluding hydrogens is 260 g/mol. The molecule has 106 valence electrons. The summed E-state index contributed by atoms with van der Waals surface area (Å²) in [5, 5.41) is 23.2. The number of phenols is 1. The zero-order valence-corrected chi connectivity index (χ0v) is 11.5. The summed E-state index contributed by atoms with van der Waals surface area (Å²) < 4.78 is 6.55. The van der Waals surface area contributed by atoms with E-state index in [2.05, 4.69) is 5.10 Å². The normalized spacial score (nSPS) is 10.6. The molecule has 0 saturated heterocycles. The number of ether oxygens (including phenoxy) is 1. The number of hydrogen-bond acceptors (Lipinski definition) is 4. The second-order valence-electron chi connectivity index (χ2n) is 4.35. The van der Waals surface area contributed by atoms with Crippen LogP contribution in [0, 0.1) is 0 Å². The van der Waals surface area contributed by atoms with Crippen molar-refractivity contribution < 1.29 is 19.7 Å². The van der Waals surface area contributed by atoms with Crippen molar-refractivity contribution in [1.82, 2.24) is 9.78 Å². The van der Waals surface area contributed by atoms with Gasteiger partial charge in [-0.05, 0) is 24.1 Å². The number of benzene rings is 1. The number of carboxylic acid groups (broad SMARTS) is 1. The van der Waals surface area contributed by atoms with Crippen LogP contribution in [0.4, 0.5) is 0 Å². The van der Waals surface area contributed by atoms with Gasteiger partial charge in [0.05, 0.1) is 12.8 Å². The highest BCUT2D eigenvalue weighted by Crippen LogP contribution is 2.40. The number of phenolic OH excluding ortho intramolecular Hbond substituents is 1. The van der Waals surface area contributed by atoms with Gasteiger partial charge in [0.2, 0.25) is 0 Å². The standard InChI is InChI=1S/C14H16N2O4/c1-4-8-5-6-11(20-3)13(17)12(8)10-7-9(14(18)19)15-16(10)2/h5-7,17H,4H2,1-3H3,(H,18,19). The van der Waals surface area contributed by atoms with Gasteiger partial charge in [-0.2, -0.15) is 5.10 Å². The van der Waals surface area contributed by atoms with Crippen LogP contribution >= 0.6 is 0 Å². The number of aromatic nitrogens is 2. The van der Waals surface area contributed by atoms with Crippen LogP contribution in [0.3, 0.4) is 0 Å². The van der Waals surface area contributed by atoms with Gasteiger partial charge in [-0.1, -0.05) is 13.0 Å². The fourth-order valence-electron chi connectivity index (χ4n) is 2.16. The molecule has 0 amide bonds. The number of nitrogens with zero attached hydrogens (tertiary/aromatic N) is 2. The average Bonchev–Trinajstić information content (AvgIpc) is 2.80. The first kappa shape index (κ1) is 13.9. The van der Waals surface area contributed by atoms with Crippen molar-refractivity contribution in [2.75, 3.05) is 7.11 Å². The molecule has 0 aliphatic carbocycles. The maximum absolute atomic E-state index is 11.0. The predicted molar refractivity (Wildman–Crippen MR) is 73.2 cm³/mol. The van der Waals surface area contributed by atoms with Gasteiger partial charge in [0, 0.05) is 12.6 Å². The van der Waals surface area contributed by atoms with Gasteiger partial charge in [0.25, 0.3) is 0 Å². The average molecular weight is 276 g/mol. The summed E-state index contributed by atoms with van der Waals surface area (Å²) in [5.74, 6) is -0.769. The third kappa shape index (κ3) is 2.20. The van der Waals surface area contributed by atoms with Gasteiger partial charge in [-0.15, -0.1) is 0 Å². The fraction of sp³-hybridized carbons (Fsp3) is 0.286. The summed E-state index contributed by atoms with van der Waals surface area (Å²) in [6.07, 6.45) is 0.695. The molecular formula is C14H16N2O4. The molecule has 1 aromatic carbocycles. The molecule has 0 aliphatic heterocycles. The third-order valence-electron chi connectivity index (χ3n) is 3.18. The Hall–Kier alpha value is -2.50. The van der Waals surface area contributed by atoms with E-state index in [0.717, 1.165) is 5.56 Å². The van der Waals surface area contributed by atoms with Crippen LogP contribution in [-0.4, -0.2) is 33.1 Å². The Labute approximate surface area is 116 Å². The Kier molecular flexibility index (Phi) is 3.65. The molecule has 0 fully saturated rings. The van der Waals surface area contributed by atoms with Crippen LogP contribution < -0.4 is 4.74 Å². The molecule has 1 aromatic heterocycles. The summed E-state index contributed by atoms with van der Waals surface area (Å²) in [5.41, 5.74) is 1.92. The second kappa shape index (κ2) is 5.24. The molecule has 6 nitrogen and oxygen atoms in total. The van der Waals surface area contributed by atoms with Crippen LogP contribution in [0.15, 0.2) is 18.2 Å². The van der Waals surface area contributed by atoms with Crippen molar-refractivity contribution in [3.63, 3.8) is 0 Å². The highest BCUT2D eigenvalue weighted by Gasteiger charge is 2.20. The van der Waals surface area contributed by atoms with Crippen molar-refractivity contribution in [3.8, 4) is 22.8 Å². The summed E-state index contributed by atoms with van der Waals surface area (Å²) in [4.78, 5) is 11.0. The molecule has 0 atom stereocenters. The Morgan fingerprint density at radius 2 is 2.15 bits per heavy atom. The number of aryl methyl sites for hydroxylation is 2. The van der Waals surface area contributed by atoms with Crippen molar-refractivity contribution in [2.45, 2.75) is 13.3 Å². The Bertz CT molecular complexity index is 661. The van der Waals surface area contributed by atoms with E-state index in [0.29, 0.717) is 23.4 Å². The van der Waals surface area contributed by atoms with Gasteiger partial charge in [0.1, 0.15) is 0 Å². The maximum Gasteiger partial charge on any atom is 0.356 e. The van der Waals surface area contributed by atoms with Crippen LogP contribution in [0.25, 0.3) is 11.3 Å². The van der Waals surface area contributed by atoms with Gasteiger partial charge < -0.3 is 14.9 Å². The summed E-state index contributed by atoms with van der Waals surface area (Å²) in [7, 11) is 3.11. The zero-order valence-electron chi connectivity index (χ0n) is 11.5.